The van der Waals surface area contributed by atoms with Crippen molar-refractivity contribution in [3.05, 3.63) is 0 Å². The van der Waals surface area contributed by atoms with Crippen LogP contribution >= 0.6 is 12.2 Å². The Balaban J connectivity index is 0.000000366. The van der Waals surface area contributed by atoms with E-state index in [9.17, 15) is 4.79 Å². The first-order valence-electron chi connectivity index (χ1n) is 5.84. The molecular formula is C12H24N2O2S. The van der Waals surface area contributed by atoms with E-state index in [1.54, 1.807) is 12.0 Å². The fraction of sp³-hybridized carbons (Fsp3) is 0.833. The number of amides is 1. The number of methoxy groups -OCH3 is 1. The summed E-state index contributed by atoms with van der Waals surface area (Å²) in [5.41, 5.74) is 5.52. The van der Waals surface area contributed by atoms with Crippen LogP contribution < -0.4 is 5.73 Å². The predicted octanol–water partition coefficient (Wildman–Crippen LogP) is 1.57. The molecule has 0 atom stereocenters. The van der Waals surface area contributed by atoms with E-state index in [-0.39, 0.29) is 5.60 Å². The van der Waals surface area contributed by atoms with Gasteiger partial charge in [-0.1, -0.05) is 12.2 Å². The van der Waals surface area contributed by atoms with Crippen molar-refractivity contribution < 1.29 is 9.53 Å². The van der Waals surface area contributed by atoms with Gasteiger partial charge in [-0.2, -0.15) is 0 Å². The summed E-state index contributed by atoms with van der Waals surface area (Å²) < 4.78 is 4.94. The summed E-state index contributed by atoms with van der Waals surface area (Å²) in [5, 5.41) is 0. The maximum absolute atomic E-state index is 10.3. The van der Waals surface area contributed by atoms with E-state index >= 15 is 0 Å². The van der Waals surface area contributed by atoms with E-state index in [0.29, 0.717) is 10.9 Å². The number of piperidine rings is 1. The van der Waals surface area contributed by atoms with Gasteiger partial charge < -0.3 is 15.4 Å². The van der Waals surface area contributed by atoms with Crippen LogP contribution in [-0.4, -0.2) is 42.1 Å². The van der Waals surface area contributed by atoms with Crippen molar-refractivity contribution in [2.45, 2.75) is 39.2 Å². The minimum absolute atomic E-state index is 0.0417. The molecule has 1 aliphatic heterocycles. The summed E-state index contributed by atoms with van der Waals surface area (Å²) >= 11 is 4.86. The lowest BCUT2D eigenvalue weighted by Crippen LogP contribution is -2.36. The molecule has 0 radical (unpaired) electrons. The molecule has 1 aliphatic rings. The normalized spacial score (nSPS) is 17.1. The van der Waals surface area contributed by atoms with Crippen molar-refractivity contribution in [2.75, 3.05) is 20.2 Å². The minimum Gasteiger partial charge on any atom is -0.393 e. The van der Waals surface area contributed by atoms with Gasteiger partial charge in [0.05, 0.1) is 10.6 Å². The highest BCUT2D eigenvalue weighted by Gasteiger charge is 2.19. The van der Waals surface area contributed by atoms with E-state index in [1.807, 2.05) is 20.8 Å². The molecule has 5 heteroatoms. The predicted molar refractivity (Wildman–Crippen MR) is 73.9 cm³/mol. The van der Waals surface area contributed by atoms with E-state index in [1.165, 1.54) is 0 Å². The van der Waals surface area contributed by atoms with Crippen LogP contribution in [0, 0.1) is 5.92 Å². The third-order valence-electron chi connectivity index (χ3n) is 2.69. The average Bonchev–Trinajstić information content (AvgIpc) is 2.29. The number of thiocarbonyl (C=S) groups is 1. The van der Waals surface area contributed by atoms with E-state index < -0.39 is 0 Å². The Hall–Kier alpha value is -0.680. The quantitative estimate of drug-likeness (QED) is 0.605. The maximum Gasteiger partial charge on any atom is 0.209 e. The molecule has 0 spiro atoms. The topological polar surface area (TPSA) is 55.6 Å². The highest BCUT2D eigenvalue weighted by molar-refractivity contribution is 7.80. The average molecular weight is 260 g/mol. The molecule has 0 saturated carbocycles. The maximum atomic E-state index is 10.3. The van der Waals surface area contributed by atoms with Crippen molar-refractivity contribution in [3.8, 4) is 0 Å². The zero-order valence-corrected chi connectivity index (χ0v) is 12.0. The van der Waals surface area contributed by atoms with Gasteiger partial charge in [0.1, 0.15) is 0 Å². The van der Waals surface area contributed by atoms with Crippen LogP contribution in [0.4, 0.5) is 0 Å². The number of rotatable bonds is 2. The van der Waals surface area contributed by atoms with Crippen LogP contribution in [0.5, 0.6) is 0 Å². The first-order chi connectivity index (χ1) is 7.80. The van der Waals surface area contributed by atoms with E-state index in [4.69, 9.17) is 22.7 Å². The van der Waals surface area contributed by atoms with Crippen LogP contribution in [-0.2, 0) is 9.53 Å². The molecule has 4 nitrogen and oxygen atoms in total. The number of nitrogens with zero attached hydrogens (tertiary/aromatic N) is 1. The highest BCUT2D eigenvalue weighted by Crippen LogP contribution is 2.15. The number of ether oxygens (including phenoxy) is 1. The van der Waals surface area contributed by atoms with Crippen molar-refractivity contribution in [1.82, 2.24) is 4.90 Å². The molecule has 0 unspecified atom stereocenters. The van der Waals surface area contributed by atoms with Crippen LogP contribution in [0.3, 0.4) is 0 Å². The second-order valence-electron chi connectivity index (χ2n) is 5.13. The van der Waals surface area contributed by atoms with Gasteiger partial charge in [-0.15, -0.1) is 0 Å². The number of likely N-dealkylation sites (tertiary alicyclic amines) is 1. The van der Waals surface area contributed by atoms with Crippen LogP contribution in [0.1, 0.15) is 33.6 Å². The van der Waals surface area contributed by atoms with Crippen molar-refractivity contribution in [1.29, 1.82) is 0 Å². The zero-order chi connectivity index (χ0) is 13.5. The highest BCUT2D eigenvalue weighted by atomic mass is 32.1. The Bertz CT molecular complexity index is 243. The van der Waals surface area contributed by atoms with Crippen molar-refractivity contribution >= 4 is 23.6 Å². The standard InChI is InChI=1S/C7H12N2OS.C5H12O/c8-7(11)6-1-3-9(5-10)4-2-6;1-5(2,3)6-4/h5-6H,1-4H2,(H2,8,11);1-4H3. The molecule has 1 rings (SSSR count). The first kappa shape index (κ1) is 16.3. The Morgan fingerprint density at radius 1 is 1.41 bits per heavy atom. The van der Waals surface area contributed by atoms with Gasteiger partial charge in [0.2, 0.25) is 6.41 Å². The molecule has 1 saturated heterocycles. The van der Waals surface area contributed by atoms with Gasteiger partial charge in [0.25, 0.3) is 0 Å². The third-order valence-corrected chi connectivity index (χ3v) is 3.03. The fourth-order valence-electron chi connectivity index (χ4n) is 1.29. The molecule has 1 fully saturated rings. The molecule has 2 N–H and O–H groups in total. The molecule has 100 valence electrons. The van der Waals surface area contributed by atoms with Crippen molar-refractivity contribution in [3.63, 3.8) is 0 Å². The van der Waals surface area contributed by atoms with Gasteiger partial charge in [-0.25, -0.2) is 0 Å². The minimum atomic E-state index is 0.0417. The summed E-state index contributed by atoms with van der Waals surface area (Å²) in [4.78, 5) is 12.7. The lowest BCUT2D eigenvalue weighted by molar-refractivity contribution is -0.119. The summed E-state index contributed by atoms with van der Waals surface area (Å²) in [7, 11) is 1.71. The van der Waals surface area contributed by atoms with Crippen molar-refractivity contribution in [2.24, 2.45) is 11.7 Å². The van der Waals surface area contributed by atoms with Crippen LogP contribution in [0.25, 0.3) is 0 Å². The number of carbonyl (C=O) groups is 1. The number of hydrogen-bond donors (Lipinski definition) is 1. The fourth-order valence-corrected chi connectivity index (χ4v) is 1.53. The number of carbonyl (C=O) groups excluding carboxylic acids is 1. The van der Waals surface area contributed by atoms with Crippen LogP contribution in [0.2, 0.25) is 0 Å². The Kier molecular flexibility index (Phi) is 7.30. The molecule has 0 bridgehead atoms. The second kappa shape index (κ2) is 7.61. The Morgan fingerprint density at radius 2 is 1.82 bits per heavy atom. The monoisotopic (exact) mass is 260 g/mol. The first-order valence-corrected chi connectivity index (χ1v) is 6.24. The summed E-state index contributed by atoms with van der Waals surface area (Å²) in [5.74, 6) is 0.348. The summed E-state index contributed by atoms with van der Waals surface area (Å²) in [6.07, 6.45) is 2.73. The third kappa shape index (κ3) is 8.10. The molecule has 0 aromatic heterocycles. The van der Waals surface area contributed by atoms with E-state index in [0.717, 1.165) is 32.3 Å². The molecule has 0 aromatic rings. The van der Waals surface area contributed by atoms with Gasteiger partial charge in [-0.3, -0.25) is 4.79 Å². The number of hydrogen-bond acceptors (Lipinski definition) is 3. The number of nitrogens with two attached hydrogens (primary N) is 1. The smallest absolute Gasteiger partial charge is 0.209 e. The molecule has 17 heavy (non-hydrogen) atoms. The Morgan fingerprint density at radius 3 is 2.06 bits per heavy atom. The van der Waals surface area contributed by atoms with E-state index in [2.05, 4.69) is 0 Å². The van der Waals surface area contributed by atoms with Gasteiger partial charge in [-0.05, 0) is 33.6 Å². The summed E-state index contributed by atoms with van der Waals surface area (Å²) in [6.45, 7) is 7.66. The largest absolute Gasteiger partial charge is 0.393 e. The molecular weight excluding hydrogens is 236 g/mol. The SMILES string of the molecule is COC(C)(C)C.NC(=S)C1CCN(C=O)CC1. The molecule has 0 aliphatic carbocycles. The lowest BCUT2D eigenvalue weighted by atomic mass is 9.97. The lowest BCUT2D eigenvalue weighted by Gasteiger charge is -2.28. The molecule has 1 heterocycles. The zero-order valence-electron chi connectivity index (χ0n) is 11.2. The second-order valence-corrected chi connectivity index (χ2v) is 5.61. The van der Waals surface area contributed by atoms with Gasteiger partial charge in [0, 0.05) is 26.1 Å². The summed E-state index contributed by atoms with van der Waals surface area (Å²) in [6, 6.07) is 0. The van der Waals surface area contributed by atoms with Gasteiger partial charge >= 0.3 is 0 Å². The van der Waals surface area contributed by atoms with Gasteiger partial charge in [0.15, 0.2) is 0 Å². The molecule has 0 aromatic carbocycles. The molecule has 1 amide bonds. The Labute approximate surface area is 109 Å². The van der Waals surface area contributed by atoms with Crippen LogP contribution in [0.15, 0.2) is 0 Å².